The lowest BCUT2D eigenvalue weighted by molar-refractivity contribution is 0.0437. The van der Waals surface area contributed by atoms with Gasteiger partial charge in [0.25, 0.3) is 0 Å². The molecule has 2 atom stereocenters. The Hall–Kier alpha value is -3.43. The van der Waals surface area contributed by atoms with Gasteiger partial charge in [-0.25, -0.2) is 0 Å². The Bertz CT molecular complexity index is 1190. The van der Waals surface area contributed by atoms with Crippen LogP contribution >= 0.6 is 11.8 Å². The fourth-order valence-corrected chi connectivity index (χ4v) is 5.26. The minimum absolute atomic E-state index is 0.119. The average Bonchev–Trinajstić information content (AvgIpc) is 3.45. The molecule has 1 saturated heterocycles. The first-order valence-corrected chi connectivity index (χ1v) is 13.3. The lowest BCUT2D eigenvalue weighted by atomic mass is 10.0. The summed E-state index contributed by atoms with van der Waals surface area (Å²) in [6.07, 6.45) is 1.43. The number of hydrogen-bond acceptors (Lipinski definition) is 9. The maximum absolute atomic E-state index is 6.45. The zero-order chi connectivity index (χ0) is 27.1. The zero-order valence-corrected chi connectivity index (χ0v) is 23.3. The molecule has 1 aliphatic heterocycles. The van der Waals surface area contributed by atoms with E-state index in [-0.39, 0.29) is 12.2 Å². The van der Waals surface area contributed by atoms with Crippen LogP contribution < -0.4 is 34.2 Å². The largest absolute Gasteiger partial charge is 0.497 e. The third-order valence-corrected chi connectivity index (χ3v) is 7.41. The molecule has 0 radical (unpaired) electrons. The molecule has 0 aromatic heterocycles. The van der Waals surface area contributed by atoms with Crippen LogP contribution in [0.5, 0.6) is 34.5 Å². The van der Waals surface area contributed by atoms with E-state index in [2.05, 4.69) is 0 Å². The van der Waals surface area contributed by atoms with Crippen LogP contribution in [-0.2, 0) is 4.74 Å². The topological polar surface area (TPSA) is 90.6 Å². The van der Waals surface area contributed by atoms with Crippen molar-refractivity contribution in [3.63, 3.8) is 0 Å². The molecule has 1 aliphatic rings. The fraction of sp³-hybridized carbons (Fsp3) is 0.379. The number of ether oxygens (including phenoxy) is 7. The van der Waals surface area contributed by atoms with E-state index in [0.29, 0.717) is 41.0 Å². The Balaban J connectivity index is 1.41. The van der Waals surface area contributed by atoms with Gasteiger partial charge in [-0.3, -0.25) is 0 Å². The second kappa shape index (κ2) is 12.9. The number of nitrogens with two attached hydrogens (primary N) is 1. The van der Waals surface area contributed by atoms with Gasteiger partial charge in [0, 0.05) is 10.6 Å². The summed E-state index contributed by atoms with van der Waals surface area (Å²) in [5, 5.41) is 0. The molecule has 0 amide bonds. The fourth-order valence-electron chi connectivity index (χ4n) is 4.53. The van der Waals surface area contributed by atoms with Gasteiger partial charge >= 0.3 is 0 Å². The number of methoxy groups -OCH3 is 5. The minimum Gasteiger partial charge on any atom is -0.497 e. The molecule has 38 heavy (non-hydrogen) atoms. The van der Waals surface area contributed by atoms with Crippen molar-refractivity contribution in [1.29, 1.82) is 0 Å². The molecule has 0 aliphatic carbocycles. The van der Waals surface area contributed by atoms with E-state index < -0.39 is 0 Å². The molecule has 0 bridgehead atoms. The summed E-state index contributed by atoms with van der Waals surface area (Å²) in [6.45, 7) is 0.486. The van der Waals surface area contributed by atoms with Crippen LogP contribution in [0.15, 0.2) is 53.4 Å². The van der Waals surface area contributed by atoms with Crippen molar-refractivity contribution in [1.82, 2.24) is 0 Å². The van der Waals surface area contributed by atoms with Crippen LogP contribution in [0.25, 0.3) is 0 Å². The van der Waals surface area contributed by atoms with Crippen LogP contribution in [-0.4, -0.2) is 47.9 Å². The molecule has 0 saturated carbocycles. The second-order valence-corrected chi connectivity index (χ2v) is 9.83. The number of nitrogen functional groups attached to an aromatic ring is 1. The van der Waals surface area contributed by atoms with Crippen molar-refractivity contribution in [3.05, 3.63) is 59.7 Å². The van der Waals surface area contributed by atoms with Crippen molar-refractivity contribution in [2.45, 2.75) is 29.9 Å². The normalized spacial score (nSPS) is 16.7. The van der Waals surface area contributed by atoms with E-state index in [0.717, 1.165) is 40.4 Å². The van der Waals surface area contributed by atoms with Gasteiger partial charge in [-0.15, -0.1) is 11.8 Å². The highest BCUT2D eigenvalue weighted by atomic mass is 32.2. The van der Waals surface area contributed by atoms with Gasteiger partial charge in [-0.05, 0) is 72.5 Å². The number of rotatable bonds is 12. The molecular formula is C29H35NO7S. The highest BCUT2D eigenvalue weighted by molar-refractivity contribution is 7.99. The number of anilines is 1. The van der Waals surface area contributed by atoms with Crippen molar-refractivity contribution < 1.29 is 33.2 Å². The average molecular weight is 542 g/mol. The van der Waals surface area contributed by atoms with Gasteiger partial charge in [-0.2, -0.15) is 0 Å². The van der Waals surface area contributed by atoms with E-state index in [1.165, 1.54) is 0 Å². The predicted octanol–water partition coefficient (Wildman–Crippen LogP) is 6.08. The summed E-state index contributed by atoms with van der Waals surface area (Å²) >= 11 is 1.70. The lowest BCUT2D eigenvalue weighted by Gasteiger charge is -2.20. The quantitative estimate of drug-likeness (QED) is 0.166. The molecule has 3 aromatic carbocycles. The third kappa shape index (κ3) is 6.16. The van der Waals surface area contributed by atoms with Gasteiger partial charge in [-0.1, -0.05) is 0 Å². The van der Waals surface area contributed by atoms with E-state index in [9.17, 15) is 0 Å². The van der Waals surface area contributed by atoms with Crippen molar-refractivity contribution >= 4 is 17.4 Å². The summed E-state index contributed by atoms with van der Waals surface area (Å²) < 4.78 is 39.8. The maximum atomic E-state index is 6.45. The molecule has 0 spiro atoms. The molecule has 2 N–H and O–H groups in total. The van der Waals surface area contributed by atoms with E-state index >= 15 is 0 Å². The first kappa shape index (κ1) is 27.6. The SMILES string of the molecule is COc1ccc(SCCOc2c(N)cc([C@@H]3CC[C@@H](c4cc(OC)c(OC)c(OC)c4)O3)cc2OC)cc1. The lowest BCUT2D eigenvalue weighted by Crippen LogP contribution is -2.07. The number of benzene rings is 3. The first-order valence-electron chi connectivity index (χ1n) is 12.3. The third-order valence-electron chi connectivity index (χ3n) is 6.43. The Morgan fingerprint density at radius 3 is 1.82 bits per heavy atom. The minimum atomic E-state index is -0.130. The first-order chi connectivity index (χ1) is 18.5. The van der Waals surface area contributed by atoms with E-state index in [4.69, 9.17) is 38.9 Å². The van der Waals surface area contributed by atoms with Gasteiger partial charge in [0.2, 0.25) is 5.75 Å². The highest BCUT2D eigenvalue weighted by Gasteiger charge is 2.30. The standard InChI is InChI=1S/C29H35NO7S/c1-31-20-6-8-21(9-7-20)38-13-12-36-28-22(30)14-18(15-25(28)32-2)23-10-11-24(37-23)19-16-26(33-3)29(35-5)27(17-19)34-4/h6-9,14-17,23-24H,10-13,30H2,1-5H3/t23-,24-/m0/s1. The van der Waals surface area contributed by atoms with E-state index in [1.807, 2.05) is 48.5 Å². The maximum Gasteiger partial charge on any atom is 0.203 e. The molecule has 9 heteroatoms. The summed E-state index contributed by atoms with van der Waals surface area (Å²) in [4.78, 5) is 1.14. The van der Waals surface area contributed by atoms with Crippen molar-refractivity contribution in [2.24, 2.45) is 0 Å². The predicted molar refractivity (Wildman–Crippen MR) is 149 cm³/mol. The second-order valence-electron chi connectivity index (χ2n) is 8.66. The molecule has 8 nitrogen and oxygen atoms in total. The smallest absolute Gasteiger partial charge is 0.203 e. The molecule has 1 heterocycles. The van der Waals surface area contributed by atoms with Crippen molar-refractivity contribution in [3.8, 4) is 34.5 Å². The molecule has 1 fully saturated rings. The van der Waals surface area contributed by atoms with Crippen LogP contribution in [0.1, 0.15) is 36.2 Å². The summed E-state index contributed by atoms with van der Waals surface area (Å²) in [5.41, 5.74) is 8.86. The Morgan fingerprint density at radius 2 is 1.29 bits per heavy atom. The number of thioether (sulfide) groups is 1. The van der Waals surface area contributed by atoms with E-state index in [1.54, 1.807) is 47.3 Å². The van der Waals surface area contributed by atoms with Gasteiger partial charge in [0.15, 0.2) is 23.0 Å². The monoisotopic (exact) mass is 541 g/mol. The van der Waals surface area contributed by atoms with Crippen LogP contribution in [0.4, 0.5) is 5.69 Å². The van der Waals surface area contributed by atoms with Crippen molar-refractivity contribution in [2.75, 3.05) is 53.6 Å². The summed E-state index contributed by atoms with van der Waals surface area (Å²) in [5.74, 6) is 4.50. The molecule has 0 unspecified atom stereocenters. The summed E-state index contributed by atoms with van der Waals surface area (Å²) in [6, 6.07) is 15.7. The number of hydrogen-bond donors (Lipinski definition) is 1. The Morgan fingerprint density at radius 1 is 0.737 bits per heavy atom. The van der Waals surface area contributed by atoms with Gasteiger partial charge in [0.1, 0.15) is 5.75 Å². The zero-order valence-electron chi connectivity index (χ0n) is 22.4. The Kier molecular flexibility index (Phi) is 9.36. The van der Waals surface area contributed by atoms with Gasteiger partial charge in [0.05, 0.1) is 60.1 Å². The molecule has 4 rings (SSSR count). The van der Waals surface area contributed by atoms with Gasteiger partial charge < -0.3 is 38.9 Å². The highest BCUT2D eigenvalue weighted by Crippen LogP contribution is 2.47. The van der Waals surface area contributed by atoms with Crippen LogP contribution in [0, 0.1) is 0 Å². The molecular weight excluding hydrogens is 506 g/mol. The van der Waals surface area contributed by atoms with Crippen LogP contribution in [0.3, 0.4) is 0 Å². The van der Waals surface area contributed by atoms with Crippen LogP contribution in [0.2, 0.25) is 0 Å². The molecule has 204 valence electrons. The summed E-state index contributed by atoms with van der Waals surface area (Å²) in [7, 11) is 8.08. The molecule has 3 aromatic rings. The Labute approximate surface area is 228 Å².